The predicted octanol–water partition coefficient (Wildman–Crippen LogP) is 1.34. The van der Waals surface area contributed by atoms with Gasteiger partial charge < -0.3 is 4.74 Å². The molecule has 0 aliphatic carbocycles. The highest BCUT2D eigenvalue weighted by atomic mass is 16.5. The highest BCUT2D eigenvalue weighted by Crippen LogP contribution is 2.07. The predicted molar refractivity (Wildman–Crippen MR) is 47.3 cm³/mol. The van der Waals surface area contributed by atoms with E-state index in [1.807, 2.05) is 24.8 Å². The maximum atomic E-state index is 5.32. The van der Waals surface area contributed by atoms with Crippen molar-refractivity contribution in [2.45, 2.75) is 12.6 Å². The van der Waals surface area contributed by atoms with Crippen molar-refractivity contribution in [2.75, 3.05) is 6.54 Å². The molecule has 1 fully saturated rings. The van der Waals surface area contributed by atoms with E-state index < -0.39 is 0 Å². The minimum atomic E-state index is 0.174. The second kappa shape index (κ2) is 3.70. The Morgan fingerprint density at radius 1 is 1.33 bits per heavy atom. The summed E-state index contributed by atoms with van der Waals surface area (Å²) < 4.78 is 5.32. The second-order valence-corrected chi connectivity index (χ2v) is 2.89. The summed E-state index contributed by atoms with van der Waals surface area (Å²) in [5.41, 5.74) is 1.31. The zero-order valence-electron chi connectivity index (χ0n) is 6.86. The van der Waals surface area contributed by atoms with Crippen molar-refractivity contribution in [1.82, 2.24) is 5.32 Å². The number of hydrogen-bond acceptors (Lipinski definition) is 2. The SMILES string of the molecule is [CH]1CNC(Cc2ccccc2)O1. The van der Waals surface area contributed by atoms with E-state index in [0.717, 1.165) is 13.0 Å². The molecule has 0 saturated carbocycles. The van der Waals surface area contributed by atoms with Gasteiger partial charge in [-0.05, 0) is 5.56 Å². The number of ether oxygens (including phenoxy) is 1. The van der Waals surface area contributed by atoms with Crippen LogP contribution < -0.4 is 5.32 Å². The molecule has 1 aliphatic rings. The van der Waals surface area contributed by atoms with Gasteiger partial charge in [0.2, 0.25) is 0 Å². The normalized spacial score (nSPS) is 22.8. The third-order valence-electron chi connectivity index (χ3n) is 1.95. The van der Waals surface area contributed by atoms with Crippen molar-refractivity contribution in [3.05, 3.63) is 42.5 Å². The van der Waals surface area contributed by atoms with E-state index >= 15 is 0 Å². The average molecular weight is 162 g/mol. The summed E-state index contributed by atoms with van der Waals surface area (Å²) >= 11 is 0. The van der Waals surface area contributed by atoms with Crippen LogP contribution in [0.25, 0.3) is 0 Å². The van der Waals surface area contributed by atoms with Gasteiger partial charge in [-0.3, -0.25) is 5.32 Å². The van der Waals surface area contributed by atoms with Crippen molar-refractivity contribution >= 4 is 0 Å². The van der Waals surface area contributed by atoms with Crippen LogP contribution in [0.15, 0.2) is 30.3 Å². The van der Waals surface area contributed by atoms with Crippen molar-refractivity contribution in [1.29, 1.82) is 0 Å². The maximum Gasteiger partial charge on any atom is 0.112 e. The standard InChI is InChI=1S/C10H12NO/c1-2-4-9(5-3-1)8-10-11-6-7-12-10/h1-5,7,10-11H,6,8H2. The molecule has 63 valence electrons. The number of hydrogen-bond donors (Lipinski definition) is 1. The lowest BCUT2D eigenvalue weighted by Gasteiger charge is -2.08. The molecule has 1 saturated heterocycles. The Kier molecular flexibility index (Phi) is 2.39. The molecule has 0 amide bonds. The minimum absolute atomic E-state index is 0.174. The monoisotopic (exact) mass is 162 g/mol. The molecule has 0 aromatic heterocycles. The fraction of sp³-hybridized carbons (Fsp3) is 0.300. The topological polar surface area (TPSA) is 21.3 Å². The van der Waals surface area contributed by atoms with E-state index in [1.54, 1.807) is 0 Å². The molecular formula is C10H12NO. The van der Waals surface area contributed by atoms with Crippen LogP contribution in [0.5, 0.6) is 0 Å². The summed E-state index contributed by atoms with van der Waals surface area (Å²) in [6.45, 7) is 2.67. The van der Waals surface area contributed by atoms with Gasteiger partial charge in [-0.15, -0.1) is 0 Å². The van der Waals surface area contributed by atoms with Gasteiger partial charge in [-0.25, -0.2) is 0 Å². The molecule has 2 heteroatoms. The molecule has 1 radical (unpaired) electrons. The summed E-state index contributed by atoms with van der Waals surface area (Å²) in [7, 11) is 0. The summed E-state index contributed by atoms with van der Waals surface area (Å²) in [6.07, 6.45) is 1.12. The van der Waals surface area contributed by atoms with E-state index in [9.17, 15) is 0 Å². The highest BCUT2D eigenvalue weighted by Gasteiger charge is 2.14. The molecule has 2 nitrogen and oxygen atoms in total. The molecular weight excluding hydrogens is 150 g/mol. The third kappa shape index (κ3) is 1.84. The Bertz CT molecular complexity index is 229. The summed E-state index contributed by atoms with van der Waals surface area (Å²) in [5, 5.41) is 3.23. The van der Waals surface area contributed by atoms with Crippen molar-refractivity contribution in [3.8, 4) is 0 Å². The first-order chi connectivity index (χ1) is 5.95. The zero-order chi connectivity index (χ0) is 8.23. The first kappa shape index (κ1) is 7.77. The maximum absolute atomic E-state index is 5.32. The van der Waals surface area contributed by atoms with Gasteiger partial charge in [0.25, 0.3) is 0 Å². The molecule has 1 aromatic rings. The molecule has 1 aliphatic heterocycles. The average Bonchev–Trinajstić information content (AvgIpc) is 2.59. The Morgan fingerprint density at radius 2 is 2.17 bits per heavy atom. The number of nitrogens with one attached hydrogen (secondary N) is 1. The van der Waals surface area contributed by atoms with E-state index in [1.165, 1.54) is 5.56 Å². The largest absolute Gasteiger partial charge is 0.356 e. The Hall–Kier alpha value is -0.860. The lowest BCUT2D eigenvalue weighted by molar-refractivity contribution is 0.140. The zero-order valence-corrected chi connectivity index (χ0v) is 6.86. The number of benzene rings is 1. The summed E-state index contributed by atoms with van der Waals surface area (Å²) in [5.74, 6) is 0. The smallest absolute Gasteiger partial charge is 0.112 e. The van der Waals surface area contributed by atoms with E-state index in [4.69, 9.17) is 4.74 Å². The van der Waals surface area contributed by atoms with Gasteiger partial charge in [0.15, 0.2) is 0 Å². The van der Waals surface area contributed by atoms with E-state index in [0.29, 0.717) is 0 Å². The molecule has 1 heterocycles. The van der Waals surface area contributed by atoms with Crippen LogP contribution >= 0.6 is 0 Å². The number of rotatable bonds is 2. The highest BCUT2D eigenvalue weighted by molar-refractivity contribution is 5.15. The van der Waals surface area contributed by atoms with Gasteiger partial charge in [-0.1, -0.05) is 30.3 Å². The van der Waals surface area contributed by atoms with Gasteiger partial charge in [-0.2, -0.15) is 0 Å². The molecule has 1 aromatic carbocycles. The van der Waals surface area contributed by atoms with Gasteiger partial charge in [0, 0.05) is 13.0 Å². The van der Waals surface area contributed by atoms with Gasteiger partial charge in [0.05, 0.1) is 6.61 Å². The lowest BCUT2D eigenvalue weighted by Crippen LogP contribution is -2.24. The fourth-order valence-electron chi connectivity index (χ4n) is 1.34. The first-order valence-electron chi connectivity index (χ1n) is 4.19. The van der Waals surface area contributed by atoms with E-state index in [-0.39, 0.29) is 6.23 Å². The van der Waals surface area contributed by atoms with Crippen LogP contribution in [0.4, 0.5) is 0 Å². The molecule has 1 atom stereocenters. The molecule has 2 rings (SSSR count). The Labute approximate surface area is 72.5 Å². The molecule has 0 spiro atoms. The molecule has 0 bridgehead atoms. The fourth-order valence-corrected chi connectivity index (χ4v) is 1.34. The van der Waals surface area contributed by atoms with Crippen molar-refractivity contribution < 1.29 is 4.74 Å². The Balaban J connectivity index is 1.94. The first-order valence-corrected chi connectivity index (χ1v) is 4.19. The van der Waals surface area contributed by atoms with Crippen LogP contribution in [-0.4, -0.2) is 12.8 Å². The third-order valence-corrected chi connectivity index (χ3v) is 1.95. The Morgan fingerprint density at radius 3 is 2.83 bits per heavy atom. The quantitative estimate of drug-likeness (QED) is 0.708. The van der Waals surface area contributed by atoms with Crippen LogP contribution in [0.2, 0.25) is 0 Å². The van der Waals surface area contributed by atoms with Crippen molar-refractivity contribution in [2.24, 2.45) is 0 Å². The van der Waals surface area contributed by atoms with Crippen LogP contribution in [-0.2, 0) is 11.2 Å². The molecule has 1 unspecified atom stereocenters. The van der Waals surface area contributed by atoms with Crippen LogP contribution in [0.1, 0.15) is 5.56 Å². The second-order valence-electron chi connectivity index (χ2n) is 2.89. The van der Waals surface area contributed by atoms with E-state index in [2.05, 4.69) is 17.4 Å². The molecule has 1 N–H and O–H groups in total. The van der Waals surface area contributed by atoms with Crippen LogP contribution in [0.3, 0.4) is 0 Å². The minimum Gasteiger partial charge on any atom is -0.356 e. The molecule has 12 heavy (non-hydrogen) atoms. The summed E-state index contributed by atoms with van der Waals surface area (Å²) in [6, 6.07) is 10.4. The lowest BCUT2D eigenvalue weighted by atomic mass is 10.1. The van der Waals surface area contributed by atoms with Gasteiger partial charge >= 0.3 is 0 Å². The summed E-state index contributed by atoms with van der Waals surface area (Å²) in [4.78, 5) is 0. The van der Waals surface area contributed by atoms with Gasteiger partial charge in [0.1, 0.15) is 6.23 Å². The van der Waals surface area contributed by atoms with Crippen molar-refractivity contribution in [3.63, 3.8) is 0 Å². The van der Waals surface area contributed by atoms with Crippen LogP contribution in [0, 0.1) is 6.61 Å².